The first kappa shape index (κ1) is 17.9. The maximum absolute atomic E-state index is 13.4. The SMILES string of the molecule is Cc1ccnn1CCC(=O)N1C[C@@H](c2ccc(F)cc2)[C@@H]2[C@H]1C1CCN2CC1. The van der Waals surface area contributed by atoms with Gasteiger partial charge in [0.1, 0.15) is 5.82 Å². The monoisotopic (exact) mass is 382 g/mol. The van der Waals surface area contributed by atoms with Crippen LogP contribution in [0.25, 0.3) is 0 Å². The van der Waals surface area contributed by atoms with Gasteiger partial charge in [-0.25, -0.2) is 4.39 Å². The second kappa shape index (κ2) is 6.99. The molecule has 0 aliphatic carbocycles. The molecule has 2 aromatic rings. The second-order valence-corrected chi connectivity index (χ2v) is 8.50. The van der Waals surface area contributed by atoms with Gasteiger partial charge in [-0.05, 0) is 62.5 Å². The summed E-state index contributed by atoms with van der Waals surface area (Å²) in [6.07, 6.45) is 4.62. The quantitative estimate of drug-likeness (QED) is 0.817. The highest BCUT2D eigenvalue weighted by molar-refractivity contribution is 5.77. The summed E-state index contributed by atoms with van der Waals surface area (Å²) >= 11 is 0. The van der Waals surface area contributed by atoms with Crippen molar-refractivity contribution in [2.24, 2.45) is 5.92 Å². The molecule has 0 unspecified atom stereocenters. The molecular formula is C22H27FN4O. The van der Waals surface area contributed by atoms with Crippen LogP contribution in [0.1, 0.15) is 36.4 Å². The van der Waals surface area contributed by atoms with Crippen molar-refractivity contribution in [1.82, 2.24) is 19.6 Å². The van der Waals surface area contributed by atoms with E-state index in [9.17, 15) is 9.18 Å². The number of aromatic nitrogens is 2. The van der Waals surface area contributed by atoms with Gasteiger partial charge < -0.3 is 4.90 Å². The van der Waals surface area contributed by atoms with Gasteiger partial charge in [-0.1, -0.05) is 12.1 Å². The fourth-order valence-corrected chi connectivity index (χ4v) is 5.69. The Hall–Kier alpha value is -2.21. The number of likely N-dealkylation sites (tertiary alicyclic amines) is 1. The summed E-state index contributed by atoms with van der Waals surface area (Å²) < 4.78 is 15.3. The molecule has 28 heavy (non-hydrogen) atoms. The third-order valence-corrected chi connectivity index (χ3v) is 7.08. The van der Waals surface area contributed by atoms with Crippen LogP contribution < -0.4 is 0 Å². The molecule has 0 radical (unpaired) electrons. The molecule has 2 bridgehead atoms. The first-order chi connectivity index (χ1) is 13.6. The highest BCUT2D eigenvalue weighted by atomic mass is 19.1. The minimum absolute atomic E-state index is 0.203. The van der Waals surface area contributed by atoms with Gasteiger partial charge in [0, 0.05) is 43.4 Å². The number of benzene rings is 1. The molecular weight excluding hydrogens is 355 g/mol. The van der Waals surface area contributed by atoms with Crippen LogP contribution in [0, 0.1) is 18.7 Å². The van der Waals surface area contributed by atoms with Gasteiger partial charge in [0.05, 0.1) is 6.04 Å². The molecule has 6 heteroatoms. The summed E-state index contributed by atoms with van der Waals surface area (Å²) in [5, 5.41) is 4.31. The third kappa shape index (κ3) is 2.94. The first-order valence-corrected chi connectivity index (χ1v) is 10.4. The van der Waals surface area contributed by atoms with Gasteiger partial charge in [0.2, 0.25) is 5.91 Å². The van der Waals surface area contributed by atoms with E-state index in [4.69, 9.17) is 0 Å². The molecule has 3 atom stereocenters. The summed E-state index contributed by atoms with van der Waals surface area (Å²) in [5.41, 5.74) is 2.24. The van der Waals surface area contributed by atoms with E-state index in [1.54, 1.807) is 18.3 Å². The number of carbonyl (C=O) groups excluding carboxylic acids is 1. The number of amides is 1. The summed E-state index contributed by atoms with van der Waals surface area (Å²) in [7, 11) is 0. The number of carbonyl (C=O) groups is 1. The van der Waals surface area contributed by atoms with E-state index in [1.807, 2.05) is 29.8 Å². The molecule has 0 saturated carbocycles. The predicted molar refractivity (Wildman–Crippen MR) is 104 cm³/mol. The average molecular weight is 382 g/mol. The highest BCUT2D eigenvalue weighted by Gasteiger charge is 2.54. The summed E-state index contributed by atoms with van der Waals surface area (Å²) in [6, 6.07) is 9.53. The molecule has 4 aliphatic heterocycles. The number of hydrogen-bond donors (Lipinski definition) is 0. The lowest BCUT2D eigenvalue weighted by Gasteiger charge is -2.51. The fraction of sp³-hybridized carbons (Fsp3) is 0.545. The van der Waals surface area contributed by atoms with Gasteiger partial charge >= 0.3 is 0 Å². The third-order valence-electron chi connectivity index (χ3n) is 7.08. The van der Waals surface area contributed by atoms with Crippen LogP contribution in [0.15, 0.2) is 36.5 Å². The largest absolute Gasteiger partial charge is 0.337 e. The van der Waals surface area contributed by atoms with Crippen LogP contribution in [0.3, 0.4) is 0 Å². The molecule has 5 nitrogen and oxygen atoms in total. The average Bonchev–Trinajstić information content (AvgIpc) is 3.33. The number of fused-ring (bicyclic) bond motifs is 2. The summed E-state index contributed by atoms with van der Waals surface area (Å²) in [4.78, 5) is 17.9. The maximum atomic E-state index is 13.4. The van der Waals surface area contributed by atoms with Crippen LogP contribution in [0.5, 0.6) is 0 Å². The Morgan fingerprint density at radius 2 is 1.89 bits per heavy atom. The van der Waals surface area contributed by atoms with Gasteiger partial charge in [-0.3, -0.25) is 14.4 Å². The van der Waals surface area contributed by atoms with E-state index in [0.717, 1.165) is 30.9 Å². The van der Waals surface area contributed by atoms with Gasteiger partial charge in [0.25, 0.3) is 0 Å². The molecule has 1 aromatic carbocycles. The molecule has 4 aliphatic rings. The molecule has 6 rings (SSSR count). The molecule has 5 heterocycles. The predicted octanol–water partition coefficient (Wildman–Crippen LogP) is 2.81. The van der Waals surface area contributed by atoms with E-state index in [1.165, 1.54) is 12.8 Å². The fourth-order valence-electron chi connectivity index (χ4n) is 5.69. The lowest BCUT2D eigenvalue weighted by molar-refractivity contribution is -0.136. The van der Waals surface area contributed by atoms with Gasteiger partial charge in [0.15, 0.2) is 0 Å². The minimum atomic E-state index is -0.203. The number of piperidine rings is 3. The summed E-state index contributed by atoms with van der Waals surface area (Å²) in [5.74, 6) is 0.884. The van der Waals surface area contributed by atoms with Crippen molar-refractivity contribution in [3.63, 3.8) is 0 Å². The lowest BCUT2D eigenvalue weighted by atomic mass is 9.75. The van der Waals surface area contributed by atoms with E-state index in [2.05, 4.69) is 14.9 Å². The van der Waals surface area contributed by atoms with E-state index in [0.29, 0.717) is 31.0 Å². The Balaban J connectivity index is 1.39. The van der Waals surface area contributed by atoms with E-state index >= 15 is 0 Å². The number of rotatable bonds is 4. The summed E-state index contributed by atoms with van der Waals surface area (Å²) in [6.45, 7) is 5.63. The van der Waals surface area contributed by atoms with Gasteiger partial charge in [-0.15, -0.1) is 0 Å². The minimum Gasteiger partial charge on any atom is -0.337 e. The topological polar surface area (TPSA) is 41.4 Å². The molecule has 148 valence electrons. The Bertz CT molecular complexity index is 856. The van der Waals surface area contributed by atoms with Crippen molar-refractivity contribution in [2.75, 3.05) is 19.6 Å². The highest BCUT2D eigenvalue weighted by Crippen LogP contribution is 2.46. The van der Waals surface area contributed by atoms with Crippen LogP contribution in [0.4, 0.5) is 4.39 Å². The number of halogens is 1. The van der Waals surface area contributed by atoms with Crippen molar-refractivity contribution in [1.29, 1.82) is 0 Å². The lowest BCUT2D eigenvalue weighted by Crippen LogP contribution is -2.60. The number of aryl methyl sites for hydroxylation is 2. The Labute approximate surface area is 165 Å². The Morgan fingerprint density at radius 3 is 2.57 bits per heavy atom. The van der Waals surface area contributed by atoms with Crippen molar-refractivity contribution in [3.05, 3.63) is 53.6 Å². The first-order valence-electron chi connectivity index (χ1n) is 10.4. The van der Waals surface area contributed by atoms with Crippen LogP contribution >= 0.6 is 0 Å². The molecule has 0 spiro atoms. The Kier molecular flexibility index (Phi) is 4.46. The molecule has 0 N–H and O–H groups in total. The zero-order valence-electron chi connectivity index (χ0n) is 16.3. The second-order valence-electron chi connectivity index (χ2n) is 8.50. The smallest absolute Gasteiger partial charge is 0.224 e. The zero-order valence-corrected chi connectivity index (χ0v) is 16.3. The Morgan fingerprint density at radius 1 is 1.14 bits per heavy atom. The van der Waals surface area contributed by atoms with Crippen LogP contribution in [-0.4, -0.2) is 57.2 Å². The molecule has 4 saturated heterocycles. The van der Waals surface area contributed by atoms with Crippen LogP contribution in [0.2, 0.25) is 0 Å². The van der Waals surface area contributed by atoms with Crippen molar-refractivity contribution in [2.45, 2.75) is 50.7 Å². The number of nitrogens with zero attached hydrogens (tertiary/aromatic N) is 4. The van der Waals surface area contributed by atoms with Crippen molar-refractivity contribution >= 4 is 5.91 Å². The molecule has 1 amide bonds. The van der Waals surface area contributed by atoms with Crippen LogP contribution in [-0.2, 0) is 11.3 Å². The normalized spacial score (nSPS) is 31.2. The zero-order chi connectivity index (χ0) is 19.3. The van der Waals surface area contributed by atoms with E-state index in [-0.39, 0.29) is 17.6 Å². The maximum Gasteiger partial charge on any atom is 0.224 e. The van der Waals surface area contributed by atoms with Crippen molar-refractivity contribution in [3.8, 4) is 0 Å². The van der Waals surface area contributed by atoms with E-state index < -0.39 is 0 Å². The number of hydrogen-bond acceptors (Lipinski definition) is 3. The van der Waals surface area contributed by atoms with Gasteiger partial charge in [-0.2, -0.15) is 5.10 Å². The standard InChI is InChI=1S/C22H27FN4O/c1-15-6-10-24-27(15)13-9-20(28)26-14-19(16-2-4-18(23)5-3-16)22-21(26)17-7-11-25(22)12-8-17/h2-6,10,17,19,21-22H,7-9,11-14H2,1H3/t19-,21+,22+/m0/s1. The molecule has 4 fully saturated rings. The van der Waals surface area contributed by atoms with Crippen molar-refractivity contribution < 1.29 is 9.18 Å². The molecule has 1 aromatic heterocycles.